The number of ether oxygens (including phenoxy) is 1. The van der Waals surface area contributed by atoms with Crippen LogP contribution in [-0.2, 0) is 4.79 Å². The van der Waals surface area contributed by atoms with Crippen molar-refractivity contribution in [3.63, 3.8) is 0 Å². The maximum Gasteiger partial charge on any atom is 0.231 e. The molecule has 1 saturated heterocycles. The number of amides is 1. The lowest BCUT2D eigenvalue weighted by Crippen LogP contribution is -2.35. The third-order valence-corrected chi connectivity index (χ3v) is 3.40. The van der Waals surface area contributed by atoms with Gasteiger partial charge in [-0.25, -0.2) is 0 Å². The molecule has 1 unspecified atom stereocenters. The SMILES string of the molecule is CC(C)Oc1ccc(NC(=O)C2(C)CCNC2)cc1.Cl. The van der Waals surface area contributed by atoms with E-state index in [0.29, 0.717) is 0 Å². The van der Waals surface area contributed by atoms with Crippen LogP contribution in [0.5, 0.6) is 5.75 Å². The van der Waals surface area contributed by atoms with Crippen LogP contribution in [-0.4, -0.2) is 25.1 Å². The summed E-state index contributed by atoms with van der Waals surface area (Å²) in [4.78, 5) is 12.2. The number of hydrogen-bond acceptors (Lipinski definition) is 3. The van der Waals surface area contributed by atoms with Gasteiger partial charge in [0.25, 0.3) is 0 Å². The van der Waals surface area contributed by atoms with Gasteiger partial charge >= 0.3 is 0 Å². The Hall–Kier alpha value is -1.26. The van der Waals surface area contributed by atoms with Gasteiger partial charge < -0.3 is 15.4 Å². The van der Waals surface area contributed by atoms with E-state index in [-0.39, 0.29) is 29.8 Å². The summed E-state index contributed by atoms with van der Waals surface area (Å²) >= 11 is 0. The first-order valence-corrected chi connectivity index (χ1v) is 6.78. The second-order valence-corrected chi connectivity index (χ2v) is 5.63. The first-order chi connectivity index (χ1) is 8.99. The van der Waals surface area contributed by atoms with E-state index in [2.05, 4.69) is 10.6 Å². The number of rotatable bonds is 4. The van der Waals surface area contributed by atoms with E-state index in [4.69, 9.17) is 4.74 Å². The number of nitrogens with one attached hydrogen (secondary N) is 2. The minimum atomic E-state index is -0.299. The van der Waals surface area contributed by atoms with Gasteiger partial charge in [-0.05, 0) is 58.0 Å². The van der Waals surface area contributed by atoms with Gasteiger partial charge in [-0.2, -0.15) is 0 Å². The zero-order valence-corrected chi connectivity index (χ0v) is 13.0. The predicted molar refractivity (Wildman–Crippen MR) is 83.7 cm³/mol. The lowest BCUT2D eigenvalue weighted by atomic mass is 9.89. The topological polar surface area (TPSA) is 50.4 Å². The van der Waals surface area contributed by atoms with Gasteiger partial charge in [0, 0.05) is 12.2 Å². The molecule has 20 heavy (non-hydrogen) atoms. The van der Waals surface area contributed by atoms with E-state index in [1.165, 1.54) is 0 Å². The summed E-state index contributed by atoms with van der Waals surface area (Å²) in [6, 6.07) is 7.51. The van der Waals surface area contributed by atoms with Crippen LogP contribution >= 0.6 is 12.4 Å². The summed E-state index contributed by atoms with van der Waals surface area (Å²) in [7, 11) is 0. The Morgan fingerprint density at radius 1 is 1.35 bits per heavy atom. The number of benzene rings is 1. The molecule has 2 rings (SSSR count). The third-order valence-electron chi connectivity index (χ3n) is 3.40. The summed E-state index contributed by atoms with van der Waals surface area (Å²) in [6.45, 7) is 7.63. The Balaban J connectivity index is 0.00000200. The fourth-order valence-corrected chi connectivity index (χ4v) is 2.18. The summed E-state index contributed by atoms with van der Waals surface area (Å²) in [5.41, 5.74) is 0.516. The molecule has 0 aromatic heterocycles. The molecule has 0 spiro atoms. The maximum absolute atomic E-state index is 12.2. The summed E-state index contributed by atoms with van der Waals surface area (Å²) in [5, 5.41) is 6.20. The van der Waals surface area contributed by atoms with E-state index in [9.17, 15) is 4.79 Å². The molecule has 2 N–H and O–H groups in total. The molecular weight excluding hydrogens is 276 g/mol. The van der Waals surface area contributed by atoms with Gasteiger partial charge in [-0.15, -0.1) is 12.4 Å². The third kappa shape index (κ3) is 4.12. The Morgan fingerprint density at radius 2 is 2.00 bits per heavy atom. The van der Waals surface area contributed by atoms with Crippen molar-refractivity contribution in [3.05, 3.63) is 24.3 Å². The van der Waals surface area contributed by atoms with Crippen molar-refractivity contribution in [1.82, 2.24) is 5.32 Å². The van der Waals surface area contributed by atoms with E-state index in [1.807, 2.05) is 45.0 Å². The molecule has 0 aliphatic carbocycles. The van der Waals surface area contributed by atoms with Gasteiger partial charge in [0.1, 0.15) is 5.75 Å². The van der Waals surface area contributed by atoms with Gasteiger partial charge in [0.05, 0.1) is 11.5 Å². The zero-order chi connectivity index (χ0) is 13.9. The van der Waals surface area contributed by atoms with Crippen molar-refractivity contribution in [2.75, 3.05) is 18.4 Å². The quantitative estimate of drug-likeness (QED) is 0.899. The van der Waals surface area contributed by atoms with E-state index >= 15 is 0 Å². The van der Waals surface area contributed by atoms with E-state index in [1.54, 1.807) is 0 Å². The average Bonchev–Trinajstić information content (AvgIpc) is 2.79. The average molecular weight is 299 g/mol. The van der Waals surface area contributed by atoms with Crippen LogP contribution in [0.2, 0.25) is 0 Å². The molecule has 1 amide bonds. The minimum Gasteiger partial charge on any atom is -0.491 e. The first kappa shape index (κ1) is 16.8. The largest absolute Gasteiger partial charge is 0.491 e. The van der Waals surface area contributed by atoms with Crippen molar-refractivity contribution in [2.45, 2.75) is 33.3 Å². The molecule has 1 aliphatic heterocycles. The summed E-state index contributed by atoms with van der Waals surface area (Å²) in [5.74, 6) is 0.900. The molecule has 5 heteroatoms. The van der Waals surface area contributed by atoms with Crippen LogP contribution in [0.15, 0.2) is 24.3 Å². The Bertz CT molecular complexity index is 440. The normalized spacial score (nSPS) is 21.4. The molecule has 0 bridgehead atoms. The molecular formula is C15H23ClN2O2. The highest BCUT2D eigenvalue weighted by molar-refractivity contribution is 5.95. The second kappa shape index (κ2) is 6.95. The van der Waals surface area contributed by atoms with Crippen molar-refractivity contribution < 1.29 is 9.53 Å². The number of hydrogen-bond donors (Lipinski definition) is 2. The van der Waals surface area contributed by atoms with Crippen molar-refractivity contribution in [3.8, 4) is 5.75 Å². The van der Waals surface area contributed by atoms with Crippen LogP contribution in [0.1, 0.15) is 27.2 Å². The molecule has 4 nitrogen and oxygen atoms in total. The monoisotopic (exact) mass is 298 g/mol. The maximum atomic E-state index is 12.2. The number of anilines is 1. The number of carbonyl (C=O) groups excluding carboxylic acids is 1. The highest BCUT2D eigenvalue weighted by Crippen LogP contribution is 2.27. The molecule has 112 valence electrons. The van der Waals surface area contributed by atoms with Crippen molar-refractivity contribution in [2.24, 2.45) is 5.41 Å². The fraction of sp³-hybridized carbons (Fsp3) is 0.533. The Morgan fingerprint density at radius 3 is 2.50 bits per heavy atom. The van der Waals surface area contributed by atoms with Gasteiger partial charge in [-0.1, -0.05) is 0 Å². The molecule has 0 radical (unpaired) electrons. The van der Waals surface area contributed by atoms with E-state index < -0.39 is 0 Å². The Kier molecular flexibility index (Phi) is 5.84. The van der Waals surface area contributed by atoms with Gasteiger partial charge in [0.15, 0.2) is 0 Å². The zero-order valence-electron chi connectivity index (χ0n) is 12.2. The number of halogens is 1. The summed E-state index contributed by atoms with van der Waals surface area (Å²) < 4.78 is 5.57. The van der Waals surface area contributed by atoms with Crippen LogP contribution in [0.25, 0.3) is 0 Å². The van der Waals surface area contributed by atoms with Gasteiger partial charge in [-0.3, -0.25) is 4.79 Å². The standard InChI is InChI=1S/C15H22N2O2.ClH/c1-11(2)19-13-6-4-12(5-7-13)17-14(18)15(3)8-9-16-10-15;/h4-7,11,16H,8-10H2,1-3H3,(H,17,18);1H. The van der Waals surface area contributed by atoms with Crippen LogP contribution in [0, 0.1) is 5.41 Å². The highest BCUT2D eigenvalue weighted by atomic mass is 35.5. The molecule has 1 aliphatic rings. The lowest BCUT2D eigenvalue weighted by molar-refractivity contribution is -0.123. The fourth-order valence-electron chi connectivity index (χ4n) is 2.18. The predicted octanol–water partition coefficient (Wildman–Crippen LogP) is 2.83. The van der Waals surface area contributed by atoms with Crippen LogP contribution in [0.3, 0.4) is 0 Å². The molecule has 1 aromatic rings. The van der Waals surface area contributed by atoms with Crippen molar-refractivity contribution in [1.29, 1.82) is 0 Å². The molecule has 1 fully saturated rings. The van der Waals surface area contributed by atoms with Gasteiger partial charge in [0.2, 0.25) is 5.91 Å². The number of carbonyl (C=O) groups is 1. The summed E-state index contributed by atoms with van der Waals surface area (Å²) in [6.07, 6.45) is 1.04. The van der Waals surface area contributed by atoms with Crippen molar-refractivity contribution >= 4 is 24.0 Å². The highest BCUT2D eigenvalue weighted by Gasteiger charge is 2.36. The van der Waals surface area contributed by atoms with Crippen LogP contribution in [0.4, 0.5) is 5.69 Å². The molecule has 1 heterocycles. The minimum absolute atomic E-state index is 0. The molecule has 0 saturated carbocycles. The second-order valence-electron chi connectivity index (χ2n) is 5.63. The van der Waals surface area contributed by atoms with Crippen LogP contribution < -0.4 is 15.4 Å². The van der Waals surface area contributed by atoms with E-state index in [0.717, 1.165) is 30.9 Å². The molecule has 1 atom stereocenters. The smallest absolute Gasteiger partial charge is 0.231 e. The molecule has 1 aromatic carbocycles. The lowest BCUT2D eigenvalue weighted by Gasteiger charge is -2.21. The first-order valence-electron chi connectivity index (χ1n) is 6.78. The Labute approximate surface area is 126 Å².